The van der Waals surface area contributed by atoms with Crippen molar-refractivity contribution >= 4 is 16.9 Å². The number of carbonyl (C=O) groups is 1. The Labute approximate surface area is 124 Å². The second-order valence-corrected chi connectivity index (χ2v) is 6.33. The minimum absolute atomic E-state index is 0.597. The van der Waals surface area contributed by atoms with Crippen LogP contribution in [0, 0.1) is 5.41 Å². The number of aromatic nitrogens is 1. The maximum Gasteiger partial charge on any atom is 0.310 e. The lowest BCUT2D eigenvalue weighted by Crippen LogP contribution is -2.31. The number of likely N-dealkylation sites (tertiary alicyclic amines) is 1. The molecule has 1 aliphatic rings. The molecule has 0 radical (unpaired) electrons. The van der Waals surface area contributed by atoms with Crippen LogP contribution in [-0.4, -0.2) is 34.0 Å². The number of aromatic amines is 1. The second kappa shape index (κ2) is 5.19. The summed E-state index contributed by atoms with van der Waals surface area (Å²) in [7, 11) is 0. The van der Waals surface area contributed by atoms with Gasteiger partial charge in [0.2, 0.25) is 0 Å². The van der Waals surface area contributed by atoms with Crippen LogP contribution in [0.5, 0.6) is 0 Å². The molecule has 1 aliphatic heterocycles. The quantitative estimate of drug-likeness (QED) is 0.908. The van der Waals surface area contributed by atoms with E-state index in [0.29, 0.717) is 6.54 Å². The number of rotatable bonds is 4. The Kier molecular flexibility index (Phi) is 3.49. The summed E-state index contributed by atoms with van der Waals surface area (Å²) in [5.74, 6) is -0.683. The van der Waals surface area contributed by atoms with Crippen LogP contribution in [0.2, 0.25) is 0 Å². The molecule has 0 spiro atoms. The van der Waals surface area contributed by atoms with Crippen LogP contribution in [0.25, 0.3) is 10.9 Å². The Morgan fingerprint density at radius 1 is 1.43 bits per heavy atom. The molecule has 21 heavy (non-hydrogen) atoms. The predicted octanol–water partition coefficient (Wildman–Crippen LogP) is 3.03. The highest BCUT2D eigenvalue weighted by atomic mass is 16.4. The van der Waals surface area contributed by atoms with Crippen LogP contribution in [-0.2, 0) is 17.8 Å². The number of nitrogens with zero attached hydrogens (tertiary/aromatic N) is 1. The van der Waals surface area contributed by atoms with Crippen LogP contribution >= 0.6 is 0 Å². The van der Waals surface area contributed by atoms with Gasteiger partial charge in [-0.05, 0) is 37.4 Å². The second-order valence-electron chi connectivity index (χ2n) is 6.33. The van der Waals surface area contributed by atoms with Gasteiger partial charge >= 0.3 is 5.97 Å². The Hall–Kier alpha value is -1.81. The van der Waals surface area contributed by atoms with Gasteiger partial charge in [-0.15, -0.1) is 0 Å². The number of para-hydroxylation sites is 1. The van der Waals surface area contributed by atoms with E-state index in [-0.39, 0.29) is 0 Å². The minimum atomic E-state index is -0.683. The van der Waals surface area contributed by atoms with Crippen molar-refractivity contribution in [3.05, 3.63) is 35.5 Å². The van der Waals surface area contributed by atoms with Crippen molar-refractivity contribution in [2.24, 2.45) is 5.41 Å². The van der Waals surface area contributed by atoms with Crippen LogP contribution in [0.15, 0.2) is 24.4 Å². The molecule has 1 aromatic heterocycles. The highest BCUT2D eigenvalue weighted by Crippen LogP contribution is 2.32. The third kappa shape index (κ3) is 2.44. The monoisotopic (exact) mass is 286 g/mol. The lowest BCUT2D eigenvalue weighted by atomic mass is 9.90. The molecule has 1 atom stereocenters. The van der Waals surface area contributed by atoms with Gasteiger partial charge < -0.3 is 10.1 Å². The van der Waals surface area contributed by atoms with Crippen molar-refractivity contribution in [3.8, 4) is 0 Å². The molecule has 2 heterocycles. The Morgan fingerprint density at radius 3 is 2.90 bits per heavy atom. The van der Waals surface area contributed by atoms with E-state index < -0.39 is 11.4 Å². The number of hydrogen-bond acceptors (Lipinski definition) is 2. The van der Waals surface area contributed by atoms with Gasteiger partial charge in [-0.3, -0.25) is 9.69 Å². The van der Waals surface area contributed by atoms with Crippen LogP contribution in [0.1, 0.15) is 31.4 Å². The molecule has 1 aromatic carbocycles. The first kappa shape index (κ1) is 14.1. The number of H-pyrrole nitrogens is 1. The molecule has 1 fully saturated rings. The molecule has 2 aromatic rings. The average molecular weight is 286 g/mol. The summed E-state index contributed by atoms with van der Waals surface area (Å²) in [5, 5.41) is 10.6. The number of benzene rings is 1. The van der Waals surface area contributed by atoms with Gasteiger partial charge in [0.05, 0.1) is 5.41 Å². The zero-order valence-electron chi connectivity index (χ0n) is 12.6. The maximum absolute atomic E-state index is 11.3. The average Bonchev–Trinajstić information content (AvgIpc) is 3.04. The van der Waals surface area contributed by atoms with Crippen molar-refractivity contribution in [3.63, 3.8) is 0 Å². The van der Waals surface area contributed by atoms with Gasteiger partial charge in [0.15, 0.2) is 0 Å². The molecule has 3 rings (SSSR count). The zero-order valence-corrected chi connectivity index (χ0v) is 12.6. The summed E-state index contributed by atoms with van der Waals surface area (Å²) in [4.78, 5) is 17.0. The maximum atomic E-state index is 11.3. The van der Waals surface area contributed by atoms with Gasteiger partial charge in [-0.1, -0.05) is 25.1 Å². The Morgan fingerprint density at radius 2 is 2.24 bits per heavy atom. The molecular weight excluding hydrogens is 264 g/mol. The van der Waals surface area contributed by atoms with Crippen LogP contribution < -0.4 is 0 Å². The number of nitrogens with one attached hydrogen (secondary N) is 1. The Balaban J connectivity index is 1.82. The smallest absolute Gasteiger partial charge is 0.310 e. The lowest BCUT2D eigenvalue weighted by molar-refractivity contribution is -0.147. The van der Waals surface area contributed by atoms with E-state index in [0.717, 1.165) is 25.9 Å². The van der Waals surface area contributed by atoms with Gasteiger partial charge in [-0.25, -0.2) is 0 Å². The molecule has 2 N–H and O–H groups in total. The van der Waals surface area contributed by atoms with E-state index in [1.54, 1.807) is 0 Å². The fourth-order valence-corrected chi connectivity index (χ4v) is 3.31. The first-order chi connectivity index (χ1) is 10.0. The molecule has 4 heteroatoms. The summed E-state index contributed by atoms with van der Waals surface area (Å²) < 4.78 is 0. The van der Waals surface area contributed by atoms with E-state index >= 15 is 0 Å². The van der Waals surface area contributed by atoms with Gasteiger partial charge in [0.1, 0.15) is 0 Å². The zero-order chi connectivity index (χ0) is 15.0. The topological polar surface area (TPSA) is 56.3 Å². The summed E-state index contributed by atoms with van der Waals surface area (Å²) >= 11 is 0. The van der Waals surface area contributed by atoms with E-state index in [9.17, 15) is 9.90 Å². The lowest BCUT2D eigenvalue weighted by Gasteiger charge is -2.19. The molecular formula is C17H22N2O2. The molecule has 0 saturated carbocycles. The number of aryl methyl sites for hydroxylation is 1. The van der Waals surface area contributed by atoms with Crippen LogP contribution in [0.4, 0.5) is 0 Å². The van der Waals surface area contributed by atoms with Crippen molar-refractivity contribution in [1.29, 1.82) is 0 Å². The first-order valence-corrected chi connectivity index (χ1v) is 7.57. The highest BCUT2D eigenvalue weighted by molar-refractivity contribution is 5.86. The predicted molar refractivity (Wildman–Crippen MR) is 83.3 cm³/mol. The largest absolute Gasteiger partial charge is 0.481 e. The standard InChI is InChI=1S/C17H22N2O2/c1-3-12-5-4-6-14-13(9-18-15(12)14)10-19-8-7-17(2,11-19)16(20)21/h4-6,9,18H,3,7-8,10-11H2,1-2H3,(H,20,21). The summed E-state index contributed by atoms with van der Waals surface area (Å²) in [5.41, 5.74) is 3.21. The fraction of sp³-hybridized carbons (Fsp3) is 0.471. The highest BCUT2D eigenvalue weighted by Gasteiger charge is 2.40. The normalized spacial score (nSPS) is 23.0. The molecule has 0 aliphatic carbocycles. The number of hydrogen-bond donors (Lipinski definition) is 2. The Bertz CT molecular complexity index is 676. The minimum Gasteiger partial charge on any atom is -0.481 e. The van der Waals surface area contributed by atoms with E-state index in [1.165, 1.54) is 22.0 Å². The van der Waals surface area contributed by atoms with Crippen LogP contribution in [0.3, 0.4) is 0 Å². The third-order valence-corrected chi connectivity index (χ3v) is 4.73. The first-order valence-electron chi connectivity index (χ1n) is 7.57. The number of fused-ring (bicyclic) bond motifs is 1. The fourth-order valence-electron chi connectivity index (χ4n) is 3.31. The summed E-state index contributed by atoms with van der Waals surface area (Å²) in [6, 6.07) is 6.40. The number of carboxylic acids is 1. The molecule has 4 nitrogen and oxygen atoms in total. The van der Waals surface area contributed by atoms with Gasteiger partial charge in [0.25, 0.3) is 0 Å². The third-order valence-electron chi connectivity index (χ3n) is 4.73. The van der Waals surface area contributed by atoms with E-state index in [4.69, 9.17) is 0 Å². The van der Waals surface area contributed by atoms with Crippen molar-refractivity contribution in [1.82, 2.24) is 9.88 Å². The molecule has 0 amide bonds. The van der Waals surface area contributed by atoms with E-state index in [1.807, 2.05) is 6.92 Å². The van der Waals surface area contributed by atoms with Crippen molar-refractivity contribution < 1.29 is 9.90 Å². The molecule has 1 unspecified atom stereocenters. The molecule has 0 bridgehead atoms. The van der Waals surface area contributed by atoms with Gasteiger partial charge in [0, 0.05) is 30.2 Å². The van der Waals surface area contributed by atoms with Gasteiger partial charge in [-0.2, -0.15) is 0 Å². The number of aliphatic carboxylic acids is 1. The van der Waals surface area contributed by atoms with Crippen molar-refractivity contribution in [2.75, 3.05) is 13.1 Å². The SMILES string of the molecule is CCc1cccc2c(CN3CCC(C)(C(=O)O)C3)c[nH]c12. The molecule has 112 valence electrons. The summed E-state index contributed by atoms with van der Waals surface area (Å²) in [6.45, 7) is 6.30. The molecule has 1 saturated heterocycles. The summed E-state index contributed by atoms with van der Waals surface area (Å²) in [6.07, 6.45) is 3.81. The van der Waals surface area contributed by atoms with E-state index in [2.05, 4.69) is 41.2 Å². The van der Waals surface area contributed by atoms with Crippen molar-refractivity contribution in [2.45, 2.75) is 33.2 Å². The number of carboxylic acid groups (broad SMARTS) is 1.